The molecule has 0 fully saturated rings. The molecule has 9 heteroatoms. The van der Waals surface area contributed by atoms with Crippen LogP contribution in [-0.4, -0.2) is 33.5 Å². The maximum absolute atomic E-state index is 13.6. The van der Waals surface area contributed by atoms with Crippen LogP contribution in [0.2, 0.25) is 0 Å². The maximum atomic E-state index is 13.6. The Kier molecular flexibility index (Phi) is 5.10. The van der Waals surface area contributed by atoms with E-state index in [0.717, 1.165) is 5.39 Å². The number of hydrogen-bond acceptors (Lipinski definition) is 8. The fourth-order valence-electron chi connectivity index (χ4n) is 3.88. The number of hydrogen-bond donors (Lipinski definition) is 2. The minimum atomic E-state index is -0.996. The summed E-state index contributed by atoms with van der Waals surface area (Å²) in [5.41, 5.74) is 0.840. The quantitative estimate of drug-likeness (QED) is 0.397. The molecule has 1 amide bonds. The summed E-state index contributed by atoms with van der Waals surface area (Å²) in [7, 11) is 0. The molecular formula is C24H18N2O6S. The fraction of sp³-hybridized carbons (Fsp3) is 0.125. The summed E-state index contributed by atoms with van der Waals surface area (Å²) >= 11 is 1.20. The van der Waals surface area contributed by atoms with Crippen molar-refractivity contribution in [1.82, 2.24) is 4.98 Å². The van der Waals surface area contributed by atoms with Gasteiger partial charge in [0.25, 0.3) is 5.91 Å². The molecule has 2 aromatic heterocycles. The van der Waals surface area contributed by atoms with Crippen molar-refractivity contribution in [3.05, 3.63) is 82.8 Å². The summed E-state index contributed by atoms with van der Waals surface area (Å²) in [6.07, 6.45) is 1.53. The zero-order chi connectivity index (χ0) is 23.1. The van der Waals surface area contributed by atoms with E-state index in [9.17, 15) is 19.8 Å². The van der Waals surface area contributed by atoms with Crippen molar-refractivity contribution in [3.63, 3.8) is 0 Å². The first-order valence-electron chi connectivity index (χ1n) is 10.1. The van der Waals surface area contributed by atoms with E-state index in [-0.39, 0.29) is 22.8 Å². The van der Waals surface area contributed by atoms with Crippen LogP contribution in [0.3, 0.4) is 0 Å². The summed E-state index contributed by atoms with van der Waals surface area (Å²) < 4.78 is 11.2. The third-order valence-electron chi connectivity index (χ3n) is 5.33. The Bertz CT molecular complexity index is 1370. The van der Waals surface area contributed by atoms with Crippen molar-refractivity contribution in [2.75, 3.05) is 11.5 Å². The topological polar surface area (TPSA) is 113 Å². The highest BCUT2D eigenvalue weighted by Crippen LogP contribution is 2.44. The molecule has 0 bridgehead atoms. The Morgan fingerprint density at radius 1 is 1.21 bits per heavy atom. The first kappa shape index (κ1) is 20.8. The van der Waals surface area contributed by atoms with Gasteiger partial charge >= 0.3 is 0 Å². The van der Waals surface area contributed by atoms with Gasteiger partial charge in [-0.3, -0.25) is 14.5 Å². The van der Waals surface area contributed by atoms with Crippen molar-refractivity contribution in [1.29, 1.82) is 0 Å². The van der Waals surface area contributed by atoms with Crippen LogP contribution in [0.15, 0.2) is 75.9 Å². The second kappa shape index (κ2) is 8.10. The van der Waals surface area contributed by atoms with Crippen LogP contribution in [0, 0.1) is 0 Å². The van der Waals surface area contributed by atoms with Gasteiger partial charge in [-0.25, -0.2) is 4.98 Å². The van der Waals surface area contributed by atoms with E-state index in [4.69, 9.17) is 9.15 Å². The van der Waals surface area contributed by atoms with Crippen molar-refractivity contribution in [2.45, 2.75) is 13.0 Å². The number of nitrogens with zero attached hydrogens (tertiary/aromatic N) is 2. The number of aromatic hydroxyl groups is 1. The molecule has 3 heterocycles. The molecule has 8 nitrogen and oxygen atoms in total. The third-order valence-corrected chi connectivity index (χ3v) is 6.10. The van der Waals surface area contributed by atoms with Gasteiger partial charge in [0.1, 0.15) is 5.58 Å². The highest BCUT2D eigenvalue weighted by atomic mass is 32.1. The number of carbonyl (C=O) groups excluding carboxylic acids is 2. The number of para-hydroxylation sites is 1. The van der Waals surface area contributed by atoms with Crippen molar-refractivity contribution >= 4 is 39.1 Å². The number of carbonyl (C=O) groups is 2. The Labute approximate surface area is 192 Å². The predicted molar refractivity (Wildman–Crippen MR) is 122 cm³/mol. The molecule has 5 rings (SSSR count). The molecule has 4 aromatic rings. The lowest BCUT2D eigenvalue weighted by atomic mass is 9.95. The van der Waals surface area contributed by atoms with Gasteiger partial charge in [0, 0.05) is 17.0 Å². The van der Waals surface area contributed by atoms with Gasteiger partial charge in [-0.15, -0.1) is 11.3 Å². The van der Waals surface area contributed by atoms with Crippen LogP contribution in [0.1, 0.15) is 29.1 Å². The molecule has 2 aromatic carbocycles. The summed E-state index contributed by atoms with van der Waals surface area (Å²) in [5.74, 6) is -1.92. The molecule has 2 N–H and O–H groups in total. The molecule has 0 saturated carbocycles. The van der Waals surface area contributed by atoms with Gasteiger partial charge in [0.2, 0.25) is 5.78 Å². The van der Waals surface area contributed by atoms with Crippen LogP contribution < -0.4 is 9.64 Å². The van der Waals surface area contributed by atoms with Crippen molar-refractivity contribution in [3.8, 4) is 11.5 Å². The lowest BCUT2D eigenvalue weighted by Gasteiger charge is -2.24. The number of ether oxygens (including phenoxy) is 1. The number of anilines is 1. The van der Waals surface area contributed by atoms with Gasteiger partial charge in [-0.05, 0) is 36.8 Å². The normalized spacial score (nSPS) is 16.1. The number of amides is 1. The summed E-state index contributed by atoms with van der Waals surface area (Å²) in [5, 5.41) is 23.7. The zero-order valence-corrected chi connectivity index (χ0v) is 18.2. The number of thiazole rings is 1. The van der Waals surface area contributed by atoms with Crippen molar-refractivity contribution in [2.24, 2.45) is 0 Å². The molecule has 0 spiro atoms. The Morgan fingerprint density at radius 2 is 2.03 bits per heavy atom. The van der Waals surface area contributed by atoms with E-state index >= 15 is 0 Å². The number of aliphatic hydroxyl groups is 1. The molecule has 0 saturated heterocycles. The Morgan fingerprint density at radius 3 is 2.76 bits per heavy atom. The number of aromatic nitrogens is 1. The lowest BCUT2D eigenvalue weighted by molar-refractivity contribution is -0.117. The average Bonchev–Trinajstić information content (AvgIpc) is 3.54. The van der Waals surface area contributed by atoms with Crippen LogP contribution in [0.4, 0.5) is 5.13 Å². The van der Waals surface area contributed by atoms with Crippen LogP contribution in [-0.2, 0) is 4.79 Å². The van der Waals surface area contributed by atoms with E-state index in [0.29, 0.717) is 22.9 Å². The summed E-state index contributed by atoms with van der Waals surface area (Å²) in [4.78, 5) is 32.1. The number of ketones is 1. The number of phenolic OH excluding ortho intramolecular Hbond substituents is 1. The van der Waals surface area contributed by atoms with E-state index in [1.807, 2.05) is 6.07 Å². The monoisotopic (exact) mass is 462 g/mol. The average molecular weight is 462 g/mol. The lowest BCUT2D eigenvalue weighted by Crippen LogP contribution is -2.31. The second-order valence-electron chi connectivity index (χ2n) is 7.29. The van der Waals surface area contributed by atoms with Gasteiger partial charge in [-0.1, -0.05) is 24.3 Å². The van der Waals surface area contributed by atoms with Crippen molar-refractivity contribution < 1.29 is 29.0 Å². The Balaban J connectivity index is 1.66. The maximum Gasteiger partial charge on any atom is 0.296 e. The number of aliphatic hydroxyl groups excluding tert-OH is 1. The van der Waals surface area contributed by atoms with E-state index in [1.54, 1.807) is 48.7 Å². The van der Waals surface area contributed by atoms with Gasteiger partial charge in [0.15, 0.2) is 28.1 Å². The number of rotatable bonds is 6. The molecule has 33 heavy (non-hydrogen) atoms. The molecular weight excluding hydrogens is 444 g/mol. The van der Waals surface area contributed by atoms with E-state index in [1.165, 1.54) is 28.5 Å². The highest BCUT2D eigenvalue weighted by Gasteiger charge is 2.46. The Hall–Kier alpha value is -4.11. The number of phenols is 1. The van der Waals surface area contributed by atoms with Crippen LogP contribution >= 0.6 is 11.3 Å². The van der Waals surface area contributed by atoms with Gasteiger partial charge in [0.05, 0.1) is 18.2 Å². The number of Topliss-reactive ketones (excluding diaryl/α,β-unsaturated/α-hetero) is 1. The van der Waals surface area contributed by atoms with E-state index < -0.39 is 23.5 Å². The molecule has 1 unspecified atom stereocenters. The number of fused-ring (bicyclic) bond motifs is 1. The fourth-order valence-corrected chi connectivity index (χ4v) is 4.55. The molecule has 1 atom stereocenters. The highest BCUT2D eigenvalue weighted by molar-refractivity contribution is 7.13. The number of benzene rings is 2. The largest absolute Gasteiger partial charge is 0.504 e. The van der Waals surface area contributed by atoms with Gasteiger partial charge < -0.3 is 19.4 Å². The predicted octanol–water partition coefficient (Wildman–Crippen LogP) is 4.78. The summed E-state index contributed by atoms with van der Waals surface area (Å²) in [6.45, 7) is 2.08. The molecule has 0 aliphatic carbocycles. The SMILES string of the molecule is CCOc1cc(C2C(C(=O)c3cc4ccccc4o3)=C(O)C(=O)N2c2nccs2)ccc1O. The molecule has 0 radical (unpaired) electrons. The third kappa shape index (κ3) is 3.42. The minimum absolute atomic E-state index is 0.000323. The first-order valence-corrected chi connectivity index (χ1v) is 11.0. The minimum Gasteiger partial charge on any atom is -0.504 e. The van der Waals surface area contributed by atoms with Crippen LogP contribution in [0.25, 0.3) is 11.0 Å². The molecule has 1 aliphatic rings. The standard InChI is InChI=1S/C24H18N2O6S/c1-2-31-17-12-14(7-8-15(17)27)20-19(22(29)23(30)26(20)24-25-9-10-33-24)21(28)18-11-13-5-3-4-6-16(13)32-18/h3-12,20,27,29H,2H2,1H3. The first-order chi connectivity index (χ1) is 16.0. The van der Waals surface area contributed by atoms with E-state index in [2.05, 4.69) is 4.98 Å². The zero-order valence-electron chi connectivity index (χ0n) is 17.4. The second-order valence-corrected chi connectivity index (χ2v) is 8.17. The van der Waals surface area contributed by atoms with Crippen LogP contribution in [0.5, 0.6) is 11.5 Å². The van der Waals surface area contributed by atoms with Gasteiger partial charge in [-0.2, -0.15) is 0 Å². The number of furan rings is 1. The molecule has 1 aliphatic heterocycles. The molecule has 166 valence electrons. The smallest absolute Gasteiger partial charge is 0.296 e. The summed E-state index contributed by atoms with van der Waals surface area (Å²) in [6, 6.07) is 12.3.